The number of carboxylic acid groups (broad SMARTS) is 2. The Bertz CT molecular complexity index is 369. The van der Waals surface area contributed by atoms with E-state index in [4.69, 9.17) is 11.6 Å². The first-order valence-electron chi connectivity index (χ1n) is 4.12. The molecule has 0 fully saturated rings. The van der Waals surface area contributed by atoms with E-state index in [1.54, 1.807) is 30.3 Å². The number of aliphatic carboxylic acids is 2. The van der Waals surface area contributed by atoms with Crippen LogP contribution in [0.2, 0.25) is 0 Å². The standard InChI is InChI=1S/C10H9ClO4.2Na/c11-10(8(12)13,9(14)15)6-7-4-2-1-3-5-7;;/h1-5H,6H2,(H,12,13)(H,14,15);;/q;2*+1/p-2. The number of hydrogen-bond donors (Lipinski definition) is 0. The maximum Gasteiger partial charge on any atom is 1.00 e. The second-order valence-corrected chi connectivity index (χ2v) is 3.68. The van der Waals surface area contributed by atoms with Gasteiger partial charge in [-0.15, -0.1) is 11.6 Å². The molecule has 80 valence electrons. The van der Waals surface area contributed by atoms with Crippen LogP contribution in [0, 0.1) is 0 Å². The van der Waals surface area contributed by atoms with Crippen molar-refractivity contribution in [2.45, 2.75) is 11.3 Å². The molecule has 0 aliphatic rings. The maximum atomic E-state index is 10.6. The van der Waals surface area contributed by atoms with Gasteiger partial charge in [-0.3, -0.25) is 0 Å². The van der Waals surface area contributed by atoms with Crippen LogP contribution in [0.3, 0.4) is 0 Å². The zero-order valence-corrected chi connectivity index (χ0v) is 14.4. The fraction of sp³-hybridized carbons (Fsp3) is 0.200. The second kappa shape index (κ2) is 8.53. The van der Waals surface area contributed by atoms with Crippen LogP contribution < -0.4 is 69.3 Å². The molecule has 0 saturated heterocycles. The molecule has 1 aromatic carbocycles. The maximum absolute atomic E-state index is 10.6. The molecular weight excluding hydrogens is 266 g/mol. The van der Waals surface area contributed by atoms with E-state index in [1.165, 1.54) is 0 Å². The number of hydrogen-bond acceptors (Lipinski definition) is 4. The van der Waals surface area contributed by atoms with Crippen LogP contribution in [-0.2, 0) is 16.0 Å². The zero-order chi connectivity index (χ0) is 11.5. The Morgan fingerprint density at radius 2 is 1.47 bits per heavy atom. The minimum Gasteiger partial charge on any atom is -0.548 e. The van der Waals surface area contributed by atoms with Gasteiger partial charge < -0.3 is 19.8 Å². The van der Waals surface area contributed by atoms with Crippen molar-refractivity contribution in [1.29, 1.82) is 0 Å². The summed E-state index contributed by atoms with van der Waals surface area (Å²) >= 11 is 5.42. The molecule has 0 bridgehead atoms. The molecule has 17 heavy (non-hydrogen) atoms. The Balaban J connectivity index is 0. The Morgan fingerprint density at radius 1 is 1.06 bits per heavy atom. The van der Waals surface area contributed by atoms with Gasteiger partial charge in [0.15, 0.2) is 0 Å². The summed E-state index contributed by atoms with van der Waals surface area (Å²) in [7, 11) is 0. The molecule has 0 atom stereocenters. The summed E-state index contributed by atoms with van der Waals surface area (Å²) in [4.78, 5) is 18.7. The van der Waals surface area contributed by atoms with Gasteiger partial charge in [0.2, 0.25) is 0 Å². The summed E-state index contributed by atoms with van der Waals surface area (Å²) in [6.07, 6.45) is -0.375. The summed E-state index contributed by atoms with van der Waals surface area (Å²) in [5.41, 5.74) is 0.487. The topological polar surface area (TPSA) is 80.3 Å². The van der Waals surface area contributed by atoms with Crippen molar-refractivity contribution < 1.29 is 78.9 Å². The van der Waals surface area contributed by atoms with Crippen molar-refractivity contribution in [3.63, 3.8) is 0 Å². The van der Waals surface area contributed by atoms with Crippen molar-refractivity contribution in [2.75, 3.05) is 0 Å². The Hall–Kier alpha value is 0.450. The van der Waals surface area contributed by atoms with E-state index in [1.807, 2.05) is 0 Å². The third kappa shape index (κ3) is 5.30. The van der Waals surface area contributed by atoms with Crippen LogP contribution in [0.25, 0.3) is 0 Å². The molecule has 1 rings (SSSR count). The quantitative estimate of drug-likeness (QED) is 0.310. The molecular formula is C10H7ClNa2O4. The summed E-state index contributed by atoms with van der Waals surface area (Å²) in [5.74, 6) is -3.74. The van der Waals surface area contributed by atoms with Crippen LogP contribution in [-0.4, -0.2) is 16.8 Å². The zero-order valence-electron chi connectivity index (χ0n) is 9.60. The fourth-order valence-corrected chi connectivity index (χ4v) is 1.26. The van der Waals surface area contributed by atoms with Gasteiger partial charge in [-0.1, -0.05) is 30.3 Å². The van der Waals surface area contributed by atoms with Crippen molar-refractivity contribution >= 4 is 23.5 Å². The normalized spacial score (nSPS) is 9.71. The predicted octanol–water partition coefficient (Wildman–Crippen LogP) is -7.29. The van der Waals surface area contributed by atoms with Gasteiger partial charge in [0.1, 0.15) is 4.87 Å². The van der Waals surface area contributed by atoms with E-state index in [9.17, 15) is 19.8 Å². The number of carbonyl (C=O) groups is 2. The van der Waals surface area contributed by atoms with Crippen LogP contribution >= 0.6 is 11.6 Å². The number of alkyl halides is 1. The molecule has 0 heterocycles. The molecule has 0 unspecified atom stereocenters. The summed E-state index contributed by atoms with van der Waals surface area (Å²) in [6.45, 7) is 0. The molecule has 7 heteroatoms. The van der Waals surface area contributed by atoms with Gasteiger partial charge in [0.25, 0.3) is 0 Å². The monoisotopic (exact) mass is 272 g/mol. The van der Waals surface area contributed by atoms with Crippen molar-refractivity contribution in [2.24, 2.45) is 0 Å². The second-order valence-electron chi connectivity index (χ2n) is 3.04. The van der Waals surface area contributed by atoms with E-state index in [0.717, 1.165) is 0 Å². The average molecular weight is 273 g/mol. The van der Waals surface area contributed by atoms with Crippen LogP contribution in [0.1, 0.15) is 5.56 Å². The predicted molar refractivity (Wildman–Crippen MR) is 48.7 cm³/mol. The molecule has 0 amide bonds. The molecule has 0 N–H and O–H groups in total. The van der Waals surface area contributed by atoms with Gasteiger partial charge in [-0.2, -0.15) is 0 Å². The average Bonchev–Trinajstić information content (AvgIpc) is 2.18. The van der Waals surface area contributed by atoms with E-state index < -0.39 is 16.8 Å². The smallest absolute Gasteiger partial charge is 0.548 e. The molecule has 0 aliphatic heterocycles. The van der Waals surface area contributed by atoms with Crippen molar-refractivity contribution in [3.05, 3.63) is 35.9 Å². The fourth-order valence-electron chi connectivity index (χ4n) is 1.10. The molecule has 4 nitrogen and oxygen atoms in total. The minimum atomic E-state index is -2.51. The Labute approximate surface area is 148 Å². The van der Waals surface area contributed by atoms with Crippen LogP contribution in [0.5, 0.6) is 0 Å². The van der Waals surface area contributed by atoms with Crippen LogP contribution in [0.15, 0.2) is 30.3 Å². The summed E-state index contributed by atoms with van der Waals surface area (Å²) < 4.78 is 0. The van der Waals surface area contributed by atoms with Gasteiger partial charge >= 0.3 is 59.1 Å². The number of benzene rings is 1. The van der Waals surface area contributed by atoms with E-state index in [2.05, 4.69) is 0 Å². The van der Waals surface area contributed by atoms with Crippen LogP contribution in [0.4, 0.5) is 0 Å². The van der Waals surface area contributed by atoms with Crippen molar-refractivity contribution in [1.82, 2.24) is 0 Å². The minimum absolute atomic E-state index is 0. The van der Waals surface area contributed by atoms with Gasteiger partial charge in [-0.05, 0) is 5.56 Å². The first-order valence-corrected chi connectivity index (χ1v) is 4.50. The third-order valence-corrected chi connectivity index (χ3v) is 2.38. The van der Waals surface area contributed by atoms with Gasteiger partial charge in [-0.25, -0.2) is 0 Å². The molecule has 0 aliphatic carbocycles. The molecule has 1 aromatic rings. The number of carboxylic acids is 2. The molecule has 0 radical (unpaired) electrons. The van der Waals surface area contributed by atoms with Gasteiger partial charge in [0.05, 0.1) is 11.9 Å². The van der Waals surface area contributed by atoms with Crippen molar-refractivity contribution in [3.8, 4) is 0 Å². The van der Waals surface area contributed by atoms with Gasteiger partial charge in [0, 0.05) is 6.42 Å². The first kappa shape index (κ1) is 19.8. The van der Waals surface area contributed by atoms with E-state index in [0.29, 0.717) is 5.56 Å². The molecule has 0 aromatic heterocycles. The molecule has 0 spiro atoms. The Morgan fingerprint density at radius 3 is 1.82 bits per heavy atom. The summed E-state index contributed by atoms with van der Waals surface area (Å²) in [6, 6.07) is 8.16. The van der Waals surface area contributed by atoms with E-state index >= 15 is 0 Å². The third-order valence-electron chi connectivity index (χ3n) is 1.94. The number of carbonyl (C=O) groups excluding carboxylic acids is 2. The van der Waals surface area contributed by atoms with E-state index in [-0.39, 0.29) is 65.5 Å². The SMILES string of the molecule is O=C([O-])C(Cl)(Cc1ccccc1)C(=O)[O-].[Na+].[Na+]. The molecule has 0 saturated carbocycles. The first-order chi connectivity index (χ1) is 6.97. The number of rotatable bonds is 4. The summed E-state index contributed by atoms with van der Waals surface area (Å²) in [5, 5.41) is 21.2. The Kier molecular flexibility index (Phi) is 9.93. The number of halogens is 1. The largest absolute Gasteiger partial charge is 1.00 e.